The summed E-state index contributed by atoms with van der Waals surface area (Å²) in [4.78, 5) is 11.9. The number of fused-ring (bicyclic) bond motifs is 1. The van der Waals surface area contributed by atoms with Gasteiger partial charge in [-0.15, -0.1) is 0 Å². The van der Waals surface area contributed by atoms with Gasteiger partial charge < -0.3 is 5.32 Å². The third kappa shape index (κ3) is 2.10. The van der Waals surface area contributed by atoms with E-state index in [1.165, 1.54) is 6.42 Å². The van der Waals surface area contributed by atoms with Crippen LogP contribution in [-0.4, -0.2) is 22.1 Å². The van der Waals surface area contributed by atoms with E-state index >= 15 is 0 Å². The van der Waals surface area contributed by atoms with Crippen LogP contribution in [0.4, 0.5) is 0 Å². The van der Waals surface area contributed by atoms with Gasteiger partial charge in [0.1, 0.15) is 0 Å². The van der Waals surface area contributed by atoms with Crippen molar-refractivity contribution < 1.29 is 4.79 Å². The molecule has 1 amide bonds. The molecule has 1 aliphatic rings. The fourth-order valence-electron chi connectivity index (χ4n) is 2.19. The van der Waals surface area contributed by atoms with Crippen molar-refractivity contribution in [1.82, 2.24) is 15.5 Å². The highest BCUT2D eigenvalue weighted by Gasteiger charge is 2.24. The molecule has 1 heterocycles. The van der Waals surface area contributed by atoms with E-state index in [2.05, 4.69) is 22.4 Å². The number of carbonyl (C=O) groups is 1. The lowest BCUT2D eigenvalue weighted by Crippen LogP contribution is -2.31. The van der Waals surface area contributed by atoms with Crippen LogP contribution in [0, 0.1) is 5.92 Å². The van der Waals surface area contributed by atoms with E-state index in [-0.39, 0.29) is 11.9 Å². The number of amides is 1. The summed E-state index contributed by atoms with van der Waals surface area (Å²) in [7, 11) is 0. The lowest BCUT2D eigenvalue weighted by atomic mass is 9.87. The number of nitrogens with one attached hydrogen (secondary N) is 2. The van der Waals surface area contributed by atoms with Gasteiger partial charge >= 0.3 is 0 Å². The van der Waals surface area contributed by atoms with Gasteiger partial charge in [0.25, 0.3) is 5.91 Å². The number of hydrogen-bond donors (Lipinski definition) is 2. The van der Waals surface area contributed by atoms with Crippen molar-refractivity contribution in [3.8, 4) is 0 Å². The van der Waals surface area contributed by atoms with Gasteiger partial charge in [0.15, 0.2) is 5.69 Å². The van der Waals surface area contributed by atoms with Crippen molar-refractivity contribution in [2.45, 2.75) is 46.1 Å². The lowest BCUT2D eigenvalue weighted by molar-refractivity contribution is 0.0937. The second-order valence-electron chi connectivity index (χ2n) is 5.01. The fourth-order valence-corrected chi connectivity index (χ4v) is 2.19. The normalized spacial score (nSPS) is 19.6. The average molecular weight is 221 g/mol. The number of aromatic amines is 1. The molecule has 0 spiro atoms. The highest BCUT2D eigenvalue weighted by molar-refractivity contribution is 5.94. The molecule has 0 aliphatic heterocycles. The van der Waals surface area contributed by atoms with Gasteiger partial charge in [0.05, 0.1) is 0 Å². The quantitative estimate of drug-likeness (QED) is 0.798. The third-order valence-electron chi connectivity index (χ3n) is 3.03. The molecule has 1 aromatic rings. The van der Waals surface area contributed by atoms with E-state index in [0.717, 1.165) is 24.1 Å². The summed E-state index contributed by atoms with van der Waals surface area (Å²) in [6, 6.07) is 0.154. The minimum atomic E-state index is -0.0541. The number of nitrogens with zero attached hydrogens (tertiary/aromatic N) is 1. The topological polar surface area (TPSA) is 57.8 Å². The van der Waals surface area contributed by atoms with Crippen molar-refractivity contribution in [2.24, 2.45) is 5.92 Å². The van der Waals surface area contributed by atoms with Crippen LogP contribution in [0.1, 0.15) is 48.9 Å². The number of aryl methyl sites for hydroxylation is 1. The van der Waals surface area contributed by atoms with Gasteiger partial charge in [-0.25, -0.2) is 0 Å². The van der Waals surface area contributed by atoms with Crippen molar-refractivity contribution in [2.75, 3.05) is 0 Å². The maximum Gasteiger partial charge on any atom is 0.272 e. The Bertz CT molecular complexity index is 395. The molecule has 1 aromatic heterocycles. The zero-order valence-electron chi connectivity index (χ0n) is 10.1. The first-order valence-corrected chi connectivity index (χ1v) is 5.95. The van der Waals surface area contributed by atoms with E-state index in [9.17, 15) is 4.79 Å². The summed E-state index contributed by atoms with van der Waals surface area (Å²) in [6.07, 6.45) is 3.16. The standard InChI is InChI=1S/C12H19N3O/c1-7(2)13-12(16)11-9-6-8(3)4-5-10(9)14-15-11/h7-8H,4-6H2,1-3H3,(H,13,16)(H,14,15). The predicted octanol–water partition coefficient (Wildman–Crippen LogP) is 1.67. The van der Waals surface area contributed by atoms with Crippen molar-refractivity contribution >= 4 is 5.91 Å². The van der Waals surface area contributed by atoms with E-state index in [0.29, 0.717) is 11.6 Å². The fraction of sp³-hybridized carbons (Fsp3) is 0.667. The molecule has 1 unspecified atom stereocenters. The molecule has 0 aromatic carbocycles. The SMILES string of the molecule is CC1CCc2[nH]nc(C(=O)NC(C)C)c2C1. The third-order valence-corrected chi connectivity index (χ3v) is 3.03. The average Bonchev–Trinajstić information content (AvgIpc) is 2.59. The maximum absolute atomic E-state index is 11.9. The molecule has 1 atom stereocenters. The molecule has 2 rings (SSSR count). The first kappa shape index (κ1) is 11.2. The minimum Gasteiger partial charge on any atom is -0.348 e. The van der Waals surface area contributed by atoms with Gasteiger partial charge in [-0.2, -0.15) is 5.10 Å². The lowest BCUT2D eigenvalue weighted by Gasteiger charge is -2.18. The van der Waals surface area contributed by atoms with Crippen molar-refractivity contribution in [1.29, 1.82) is 0 Å². The van der Waals surface area contributed by atoms with E-state index in [1.54, 1.807) is 0 Å². The Morgan fingerprint density at radius 2 is 2.31 bits per heavy atom. The van der Waals surface area contributed by atoms with Crippen LogP contribution >= 0.6 is 0 Å². The minimum absolute atomic E-state index is 0.0541. The first-order chi connectivity index (χ1) is 7.58. The molecular weight excluding hydrogens is 202 g/mol. The summed E-state index contributed by atoms with van der Waals surface area (Å²) in [5.74, 6) is 0.595. The molecule has 4 heteroatoms. The monoisotopic (exact) mass is 221 g/mol. The summed E-state index contributed by atoms with van der Waals surface area (Å²) < 4.78 is 0. The van der Waals surface area contributed by atoms with Gasteiger partial charge in [-0.3, -0.25) is 9.89 Å². The molecule has 0 saturated heterocycles. The zero-order chi connectivity index (χ0) is 11.7. The Kier molecular flexibility index (Phi) is 2.99. The second-order valence-corrected chi connectivity index (χ2v) is 5.01. The highest BCUT2D eigenvalue weighted by atomic mass is 16.2. The number of carbonyl (C=O) groups excluding carboxylic acids is 1. The van der Waals surface area contributed by atoms with E-state index in [1.807, 2.05) is 13.8 Å². The van der Waals surface area contributed by atoms with Crippen molar-refractivity contribution in [3.05, 3.63) is 17.0 Å². The van der Waals surface area contributed by atoms with E-state index < -0.39 is 0 Å². The molecule has 0 bridgehead atoms. The highest BCUT2D eigenvalue weighted by Crippen LogP contribution is 2.26. The van der Waals surface area contributed by atoms with Crippen LogP contribution in [0.3, 0.4) is 0 Å². The molecule has 88 valence electrons. The van der Waals surface area contributed by atoms with Gasteiger partial charge in [-0.05, 0) is 39.0 Å². The smallest absolute Gasteiger partial charge is 0.272 e. The van der Waals surface area contributed by atoms with Crippen LogP contribution in [0.15, 0.2) is 0 Å². The van der Waals surface area contributed by atoms with Crippen LogP contribution in [0.5, 0.6) is 0 Å². The molecule has 4 nitrogen and oxygen atoms in total. The molecule has 0 fully saturated rings. The molecular formula is C12H19N3O. The Balaban J connectivity index is 2.22. The molecule has 2 N–H and O–H groups in total. The number of hydrogen-bond acceptors (Lipinski definition) is 2. The van der Waals surface area contributed by atoms with Crippen LogP contribution < -0.4 is 5.32 Å². The molecule has 1 aliphatic carbocycles. The predicted molar refractivity (Wildman–Crippen MR) is 62.4 cm³/mol. The summed E-state index contributed by atoms with van der Waals surface area (Å²) in [6.45, 7) is 6.14. The molecule has 0 saturated carbocycles. The van der Waals surface area contributed by atoms with Crippen LogP contribution in [0.25, 0.3) is 0 Å². The number of H-pyrrole nitrogens is 1. The van der Waals surface area contributed by atoms with Gasteiger partial charge in [0.2, 0.25) is 0 Å². The van der Waals surface area contributed by atoms with E-state index in [4.69, 9.17) is 0 Å². The Labute approximate surface area is 95.8 Å². The van der Waals surface area contributed by atoms with Crippen LogP contribution in [0.2, 0.25) is 0 Å². The van der Waals surface area contributed by atoms with Crippen molar-refractivity contribution in [3.63, 3.8) is 0 Å². The summed E-state index contributed by atoms with van der Waals surface area (Å²) in [5, 5.41) is 10.0. The molecule has 0 radical (unpaired) electrons. The Morgan fingerprint density at radius 1 is 1.56 bits per heavy atom. The summed E-state index contributed by atoms with van der Waals surface area (Å²) >= 11 is 0. The Morgan fingerprint density at radius 3 is 3.00 bits per heavy atom. The van der Waals surface area contributed by atoms with Crippen LogP contribution in [-0.2, 0) is 12.8 Å². The number of aromatic nitrogens is 2. The first-order valence-electron chi connectivity index (χ1n) is 5.95. The Hall–Kier alpha value is -1.32. The maximum atomic E-state index is 11.9. The van der Waals surface area contributed by atoms with Gasteiger partial charge in [0, 0.05) is 17.3 Å². The van der Waals surface area contributed by atoms with Gasteiger partial charge in [-0.1, -0.05) is 6.92 Å². The number of rotatable bonds is 2. The zero-order valence-corrected chi connectivity index (χ0v) is 10.1. The summed E-state index contributed by atoms with van der Waals surface area (Å²) in [5.41, 5.74) is 2.86. The largest absolute Gasteiger partial charge is 0.348 e. The second kappa shape index (κ2) is 4.28. The molecule has 16 heavy (non-hydrogen) atoms.